The third kappa shape index (κ3) is 4.12. The Labute approximate surface area is 185 Å². The number of carbonyl (C=O) groups excluding carboxylic acids is 1. The third-order valence-corrected chi connectivity index (χ3v) is 5.86. The van der Waals surface area contributed by atoms with Crippen molar-refractivity contribution in [2.75, 3.05) is 30.4 Å². The Morgan fingerprint density at radius 3 is 2.88 bits per heavy atom. The Kier molecular flexibility index (Phi) is 5.41. The molecular weight excluding hydrogens is 404 g/mol. The molecule has 2 aromatic heterocycles. The van der Waals surface area contributed by atoms with Gasteiger partial charge in [-0.3, -0.25) is 9.89 Å². The molecule has 2 aromatic carbocycles. The van der Waals surface area contributed by atoms with Gasteiger partial charge in [-0.15, -0.1) is 0 Å². The first-order valence-corrected chi connectivity index (χ1v) is 10.6. The van der Waals surface area contributed by atoms with Crippen molar-refractivity contribution in [2.45, 2.75) is 12.8 Å². The lowest BCUT2D eigenvalue weighted by Gasteiger charge is -2.33. The van der Waals surface area contributed by atoms with Gasteiger partial charge < -0.3 is 15.0 Å². The smallest absolute Gasteiger partial charge is 0.229 e. The van der Waals surface area contributed by atoms with Gasteiger partial charge in [-0.05, 0) is 55.3 Å². The predicted molar refractivity (Wildman–Crippen MR) is 124 cm³/mol. The lowest BCUT2D eigenvalue weighted by molar-refractivity contribution is -0.120. The average Bonchev–Trinajstić information content (AvgIpc) is 3.32. The summed E-state index contributed by atoms with van der Waals surface area (Å²) in [6, 6.07) is 15.5. The van der Waals surface area contributed by atoms with Gasteiger partial charge in [-0.25, -0.2) is 9.97 Å². The number of piperidine rings is 1. The van der Waals surface area contributed by atoms with Crippen LogP contribution in [-0.2, 0) is 4.79 Å². The highest BCUT2D eigenvalue weighted by Gasteiger charge is 2.27. The van der Waals surface area contributed by atoms with Crippen LogP contribution in [0.2, 0.25) is 0 Å². The Hall–Kier alpha value is -3.94. The fourth-order valence-electron chi connectivity index (χ4n) is 4.10. The zero-order chi connectivity index (χ0) is 21.9. The third-order valence-electron chi connectivity index (χ3n) is 5.86. The molecule has 0 bridgehead atoms. The van der Waals surface area contributed by atoms with Crippen LogP contribution in [-0.4, -0.2) is 46.3 Å². The van der Waals surface area contributed by atoms with Crippen molar-refractivity contribution in [3.63, 3.8) is 0 Å². The van der Waals surface area contributed by atoms with E-state index in [1.54, 1.807) is 19.6 Å². The summed E-state index contributed by atoms with van der Waals surface area (Å²) in [5.41, 5.74) is 3.51. The molecule has 3 heterocycles. The van der Waals surface area contributed by atoms with Crippen LogP contribution in [0.4, 0.5) is 11.5 Å². The number of carbonyl (C=O) groups is 1. The molecule has 1 unspecified atom stereocenters. The first-order valence-electron chi connectivity index (χ1n) is 10.6. The van der Waals surface area contributed by atoms with Crippen LogP contribution in [0, 0.1) is 5.92 Å². The number of aromatic amines is 1. The largest absolute Gasteiger partial charge is 0.497 e. The van der Waals surface area contributed by atoms with Gasteiger partial charge in [0.1, 0.15) is 17.9 Å². The molecular formula is C24H24N6O2. The zero-order valence-corrected chi connectivity index (χ0v) is 17.8. The van der Waals surface area contributed by atoms with E-state index in [2.05, 4.69) is 30.4 Å². The monoisotopic (exact) mass is 428 g/mol. The topological polar surface area (TPSA) is 96.0 Å². The number of amides is 1. The molecule has 162 valence electrons. The molecule has 0 saturated carbocycles. The van der Waals surface area contributed by atoms with Crippen LogP contribution in [0.1, 0.15) is 12.8 Å². The number of methoxy groups -OCH3 is 1. The highest BCUT2D eigenvalue weighted by Crippen LogP contribution is 2.27. The normalized spacial score (nSPS) is 16.2. The molecule has 5 rings (SSSR count). The van der Waals surface area contributed by atoms with Gasteiger partial charge in [0.05, 0.1) is 30.4 Å². The molecule has 1 amide bonds. The zero-order valence-electron chi connectivity index (χ0n) is 17.8. The lowest BCUT2D eigenvalue weighted by Crippen LogP contribution is -2.41. The Balaban J connectivity index is 1.29. The van der Waals surface area contributed by atoms with Gasteiger partial charge in [0, 0.05) is 35.8 Å². The summed E-state index contributed by atoms with van der Waals surface area (Å²) < 4.78 is 5.23. The Morgan fingerprint density at radius 1 is 1.16 bits per heavy atom. The summed E-state index contributed by atoms with van der Waals surface area (Å²) >= 11 is 0. The maximum Gasteiger partial charge on any atom is 0.229 e. The molecule has 1 fully saturated rings. The number of H-pyrrole nitrogens is 1. The van der Waals surface area contributed by atoms with E-state index in [0.717, 1.165) is 58.8 Å². The minimum absolute atomic E-state index is 0.0259. The molecule has 0 aliphatic carbocycles. The second kappa shape index (κ2) is 8.66. The summed E-state index contributed by atoms with van der Waals surface area (Å²) in [5.74, 6) is 1.56. The number of ether oxygens (including phenoxy) is 1. The lowest BCUT2D eigenvalue weighted by atomic mass is 9.97. The second-order valence-corrected chi connectivity index (χ2v) is 7.94. The molecule has 0 spiro atoms. The molecule has 4 aromatic rings. The van der Waals surface area contributed by atoms with E-state index >= 15 is 0 Å². The average molecular weight is 428 g/mol. The molecule has 2 N–H and O–H groups in total. The molecule has 1 aliphatic rings. The van der Waals surface area contributed by atoms with Crippen molar-refractivity contribution in [3.8, 4) is 17.0 Å². The van der Waals surface area contributed by atoms with Crippen LogP contribution in [0.5, 0.6) is 5.75 Å². The Bertz CT molecular complexity index is 1240. The van der Waals surface area contributed by atoms with Crippen LogP contribution in [0.25, 0.3) is 22.2 Å². The summed E-state index contributed by atoms with van der Waals surface area (Å²) in [5, 5.41) is 11.0. The molecule has 1 saturated heterocycles. The maximum atomic E-state index is 13.0. The SMILES string of the molecule is COc1ccc(-c2cc(N3CCCC(C(=O)Nc4ccc5cn[nH]c5c4)C3)ncn2)cc1. The highest BCUT2D eigenvalue weighted by atomic mass is 16.5. The van der Waals surface area contributed by atoms with Gasteiger partial charge in [-0.1, -0.05) is 0 Å². The number of anilines is 2. The van der Waals surface area contributed by atoms with Crippen molar-refractivity contribution < 1.29 is 9.53 Å². The number of fused-ring (bicyclic) bond motifs is 1. The summed E-state index contributed by atoms with van der Waals surface area (Å²) in [7, 11) is 1.65. The summed E-state index contributed by atoms with van der Waals surface area (Å²) in [4.78, 5) is 24.0. The molecule has 0 radical (unpaired) electrons. The van der Waals surface area contributed by atoms with Crippen molar-refractivity contribution in [2.24, 2.45) is 5.92 Å². The van der Waals surface area contributed by atoms with E-state index in [1.807, 2.05) is 48.5 Å². The van der Waals surface area contributed by atoms with Crippen molar-refractivity contribution >= 4 is 28.3 Å². The van der Waals surface area contributed by atoms with Crippen LogP contribution in [0.15, 0.2) is 61.1 Å². The van der Waals surface area contributed by atoms with Crippen LogP contribution in [0.3, 0.4) is 0 Å². The van der Waals surface area contributed by atoms with Gasteiger partial charge in [0.2, 0.25) is 5.91 Å². The van der Waals surface area contributed by atoms with E-state index in [-0.39, 0.29) is 11.8 Å². The van der Waals surface area contributed by atoms with Gasteiger partial charge in [0.25, 0.3) is 0 Å². The standard InChI is InChI=1S/C24H24N6O2/c1-32-20-8-5-16(6-9-20)21-12-23(26-15-25-21)30-10-2-3-18(14-30)24(31)28-19-7-4-17-13-27-29-22(17)11-19/h4-9,11-13,15,18H,2-3,10,14H2,1H3,(H,27,29)(H,28,31). The van der Waals surface area contributed by atoms with E-state index < -0.39 is 0 Å². The quantitative estimate of drug-likeness (QED) is 0.501. The number of nitrogens with zero attached hydrogens (tertiary/aromatic N) is 4. The molecule has 8 heteroatoms. The number of rotatable bonds is 5. The number of aromatic nitrogens is 4. The minimum atomic E-state index is -0.111. The van der Waals surface area contributed by atoms with E-state index in [1.165, 1.54) is 0 Å². The van der Waals surface area contributed by atoms with E-state index in [4.69, 9.17) is 4.74 Å². The number of hydrogen-bond acceptors (Lipinski definition) is 6. The minimum Gasteiger partial charge on any atom is -0.497 e. The summed E-state index contributed by atoms with van der Waals surface area (Å²) in [6.45, 7) is 1.49. The maximum absolute atomic E-state index is 13.0. The first-order chi connectivity index (χ1) is 15.7. The molecule has 1 aliphatic heterocycles. The number of benzene rings is 2. The van der Waals surface area contributed by atoms with E-state index in [0.29, 0.717) is 6.54 Å². The fraction of sp³-hybridized carbons (Fsp3) is 0.250. The van der Waals surface area contributed by atoms with Gasteiger partial charge in [-0.2, -0.15) is 5.10 Å². The number of hydrogen-bond donors (Lipinski definition) is 2. The van der Waals surface area contributed by atoms with E-state index in [9.17, 15) is 4.79 Å². The number of nitrogens with one attached hydrogen (secondary N) is 2. The first kappa shape index (κ1) is 20.0. The Morgan fingerprint density at radius 2 is 2.03 bits per heavy atom. The van der Waals surface area contributed by atoms with Crippen molar-refractivity contribution in [1.82, 2.24) is 20.2 Å². The second-order valence-electron chi connectivity index (χ2n) is 7.94. The molecule has 32 heavy (non-hydrogen) atoms. The molecule has 1 atom stereocenters. The van der Waals surface area contributed by atoms with Crippen molar-refractivity contribution in [3.05, 3.63) is 61.1 Å². The predicted octanol–water partition coefficient (Wildman–Crippen LogP) is 3.88. The van der Waals surface area contributed by atoms with Crippen LogP contribution >= 0.6 is 0 Å². The van der Waals surface area contributed by atoms with Crippen molar-refractivity contribution in [1.29, 1.82) is 0 Å². The van der Waals surface area contributed by atoms with Gasteiger partial charge in [0.15, 0.2) is 0 Å². The van der Waals surface area contributed by atoms with Gasteiger partial charge >= 0.3 is 0 Å². The fourth-order valence-corrected chi connectivity index (χ4v) is 4.10. The summed E-state index contributed by atoms with van der Waals surface area (Å²) in [6.07, 6.45) is 5.13. The molecule has 8 nitrogen and oxygen atoms in total. The van der Waals surface area contributed by atoms with Crippen LogP contribution < -0.4 is 15.0 Å². The highest BCUT2D eigenvalue weighted by molar-refractivity contribution is 5.95.